The van der Waals surface area contributed by atoms with Gasteiger partial charge in [0, 0.05) is 24.2 Å². The first-order chi connectivity index (χ1) is 12.1. The average Bonchev–Trinajstić information content (AvgIpc) is 3.03. The number of aromatic nitrogens is 2. The zero-order valence-corrected chi connectivity index (χ0v) is 14.4. The predicted octanol–water partition coefficient (Wildman–Crippen LogP) is 3.08. The molecule has 0 saturated heterocycles. The standard InChI is InChI=1S/C19H22N4O2/c1-13(10-19(24)21-14-6-5-7-15(11-14)25-2)20-12-18-22-16-8-3-4-9-17(16)23-18/h3-9,11,13,20H,10,12H2,1-2H3,(H,21,24)(H,22,23). The van der Waals surface area contributed by atoms with Crippen molar-refractivity contribution in [3.05, 3.63) is 54.4 Å². The van der Waals surface area contributed by atoms with Gasteiger partial charge in [0.15, 0.2) is 0 Å². The molecule has 6 heteroatoms. The van der Waals surface area contributed by atoms with E-state index in [0.717, 1.165) is 22.5 Å². The van der Waals surface area contributed by atoms with Gasteiger partial charge in [-0.25, -0.2) is 4.98 Å². The van der Waals surface area contributed by atoms with Crippen molar-refractivity contribution in [2.45, 2.75) is 25.9 Å². The molecule has 3 rings (SSSR count). The van der Waals surface area contributed by atoms with E-state index < -0.39 is 0 Å². The number of hydrogen-bond acceptors (Lipinski definition) is 4. The minimum Gasteiger partial charge on any atom is -0.497 e. The highest BCUT2D eigenvalue weighted by atomic mass is 16.5. The molecule has 0 radical (unpaired) electrons. The summed E-state index contributed by atoms with van der Waals surface area (Å²) in [5, 5.41) is 6.20. The maximum absolute atomic E-state index is 12.2. The summed E-state index contributed by atoms with van der Waals surface area (Å²) < 4.78 is 5.16. The number of hydrogen-bond donors (Lipinski definition) is 3. The van der Waals surface area contributed by atoms with Crippen LogP contribution in [0.25, 0.3) is 11.0 Å². The maximum atomic E-state index is 12.2. The van der Waals surface area contributed by atoms with Gasteiger partial charge in [0.25, 0.3) is 0 Å². The summed E-state index contributed by atoms with van der Waals surface area (Å²) in [6.07, 6.45) is 0.372. The Labute approximate surface area is 146 Å². The highest BCUT2D eigenvalue weighted by Gasteiger charge is 2.10. The van der Waals surface area contributed by atoms with Crippen molar-refractivity contribution in [2.24, 2.45) is 0 Å². The van der Waals surface area contributed by atoms with Gasteiger partial charge in [0.05, 0.1) is 24.7 Å². The van der Waals surface area contributed by atoms with Crippen molar-refractivity contribution in [3.8, 4) is 5.75 Å². The zero-order chi connectivity index (χ0) is 17.6. The molecule has 1 unspecified atom stereocenters. The summed E-state index contributed by atoms with van der Waals surface area (Å²) >= 11 is 0. The lowest BCUT2D eigenvalue weighted by Gasteiger charge is -2.13. The maximum Gasteiger partial charge on any atom is 0.225 e. The molecule has 25 heavy (non-hydrogen) atoms. The second-order valence-corrected chi connectivity index (χ2v) is 5.97. The van der Waals surface area contributed by atoms with E-state index in [2.05, 4.69) is 20.6 Å². The number of benzene rings is 2. The highest BCUT2D eigenvalue weighted by molar-refractivity contribution is 5.91. The summed E-state index contributed by atoms with van der Waals surface area (Å²) in [7, 11) is 1.60. The normalized spacial score (nSPS) is 12.1. The fourth-order valence-corrected chi connectivity index (χ4v) is 2.62. The molecule has 0 aliphatic carbocycles. The van der Waals surface area contributed by atoms with E-state index in [-0.39, 0.29) is 11.9 Å². The smallest absolute Gasteiger partial charge is 0.225 e. The van der Waals surface area contributed by atoms with Gasteiger partial charge in [-0.3, -0.25) is 4.79 Å². The van der Waals surface area contributed by atoms with Crippen molar-refractivity contribution in [2.75, 3.05) is 12.4 Å². The minimum absolute atomic E-state index is 0.0267. The fraction of sp³-hybridized carbons (Fsp3) is 0.263. The molecule has 1 heterocycles. The van der Waals surface area contributed by atoms with Crippen LogP contribution >= 0.6 is 0 Å². The van der Waals surface area contributed by atoms with Gasteiger partial charge in [-0.15, -0.1) is 0 Å². The van der Waals surface area contributed by atoms with Crippen LogP contribution in [0.15, 0.2) is 48.5 Å². The molecule has 0 aliphatic heterocycles. The first-order valence-electron chi connectivity index (χ1n) is 8.25. The molecule has 0 spiro atoms. The van der Waals surface area contributed by atoms with Crippen LogP contribution in [-0.2, 0) is 11.3 Å². The Hall–Kier alpha value is -2.86. The molecule has 130 valence electrons. The van der Waals surface area contributed by atoms with Crippen molar-refractivity contribution < 1.29 is 9.53 Å². The number of nitrogens with one attached hydrogen (secondary N) is 3. The van der Waals surface area contributed by atoms with Crippen LogP contribution in [0.3, 0.4) is 0 Å². The number of anilines is 1. The molecule has 1 aromatic heterocycles. The topological polar surface area (TPSA) is 79.0 Å². The average molecular weight is 338 g/mol. The molecule has 1 atom stereocenters. The summed E-state index contributed by atoms with van der Waals surface area (Å²) in [5.41, 5.74) is 2.69. The molecule has 0 fully saturated rings. The van der Waals surface area contributed by atoms with Gasteiger partial charge in [0.2, 0.25) is 5.91 Å². The monoisotopic (exact) mass is 338 g/mol. The lowest BCUT2D eigenvalue weighted by atomic mass is 10.2. The molecule has 0 bridgehead atoms. The first kappa shape index (κ1) is 17.0. The Morgan fingerprint density at radius 2 is 2.08 bits per heavy atom. The molecular weight excluding hydrogens is 316 g/mol. The van der Waals surface area contributed by atoms with E-state index in [4.69, 9.17) is 4.74 Å². The Morgan fingerprint density at radius 1 is 1.24 bits per heavy atom. The molecular formula is C19H22N4O2. The van der Waals surface area contributed by atoms with Crippen molar-refractivity contribution in [1.82, 2.24) is 15.3 Å². The Morgan fingerprint density at radius 3 is 2.88 bits per heavy atom. The number of rotatable bonds is 7. The number of fused-ring (bicyclic) bond motifs is 1. The summed E-state index contributed by atoms with van der Waals surface area (Å²) in [6, 6.07) is 15.3. The van der Waals surface area contributed by atoms with E-state index in [0.29, 0.717) is 18.7 Å². The SMILES string of the molecule is COc1cccc(NC(=O)CC(C)NCc2nc3ccccc3[nH]2)c1. The largest absolute Gasteiger partial charge is 0.497 e. The third kappa shape index (κ3) is 4.58. The fourth-order valence-electron chi connectivity index (χ4n) is 2.62. The van der Waals surface area contributed by atoms with Crippen molar-refractivity contribution >= 4 is 22.6 Å². The molecule has 1 amide bonds. The van der Waals surface area contributed by atoms with Gasteiger partial charge in [0.1, 0.15) is 11.6 Å². The number of H-pyrrole nitrogens is 1. The van der Waals surface area contributed by atoms with Crippen LogP contribution in [0.4, 0.5) is 5.69 Å². The summed E-state index contributed by atoms with van der Waals surface area (Å²) in [4.78, 5) is 19.9. The van der Waals surface area contributed by atoms with E-state index >= 15 is 0 Å². The predicted molar refractivity (Wildman–Crippen MR) is 98.6 cm³/mol. The molecule has 3 aromatic rings. The van der Waals surface area contributed by atoms with Gasteiger partial charge in [-0.2, -0.15) is 0 Å². The van der Waals surface area contributed by atoms with Gasteiger partial charge in [-0.1, -0.05) is 18.2 Å². The molecule has 2 aromatic carbocycles. The first-order valence-corrected chi connectivity index (χ1v) is 8.25. The van der Waals surface area contributed by atoms with Crippen molar-refractivity contribution in [3.63, 3.8) is 0 Å². The second kappa shape index (κ2) is 7.81. The summed E-state index contributed by atoms with van der Waals surface area (Å²) in [5.74, 6) is 1.54. The van der Waals surface area contributed by atoms with Crippen molar-refractivity contribution in [1.29, 1.82) is 0 Å². The van der Waals surface area contributed by atoms with Crippen LogP contribution in [0.2, 0.25) is 0 Å². The summed E-state index contributed by atoms with van der Waals surface area (Å²) in [6.45, 7) is 2.57. The van der Waals surface area contributed by atoms with Crippen LogP contribution in [-0.4, -0.2) is 29.0 Å². The number of carbonyl (C=O) groups excluding carboxylic acids is 1. The number of para-hydroxylation sites is 2. The molecule has 6 nitrogen and oxygen atoms in total. The highest BCUT2D eigenvalue weighted by Crippen LogP contribution is 2.17. The van der Waals surface area contributed by atoms with Gasteiger partial charge < -0.3 is 20.4 Å². The van der Waals surface area contributed by atoms with Crippen LogP contribution in [0, 0.1) is 0 Å². The zero-order valence-electron chi connectivity index (χ0n) is 14.4. The van der Waals surface area contributed by atoms with E-state index in [1.807, 2.05) is 49.4 Å². The third-order valence-corrected chi connectivity index (χ3v) is 3.90. The molecule has 0 aliphatic rings. The number of nitrogens with zero attached hydrogens (tertiary/aromatic N) is 1. The minimum atomic E-state index is -0.0436. The lowest BCUT2D eigenvalue weighted by molar-refractivity contribution is -0.116. The number of methoxy groups -OCH3 is 1. The Kier molecular flexibility index (Phi) is 5.30. The Balaban J connectivity index is 1.49. The van der Waals surface area contributed by atoms with E-state index in [9.17, 15) is 4.79 Å². The lowest BCUT2D eigenvalue weighted by Crippen LogP contribution is -2.30. The molecule has 0 saturated carbocycles. The number of ether oxygens (including phenoxy) is 1. The van der Waals surface area contributed by atoms with E-state index in [1.54, 1.807) is 13.2 Å². The van der Waals surface area contributed by atoms with Crippen LogP contribution in [0.5, 0.6) is 5.75 Å². The molecule has 3 N–H and O–H groups in total. The number of amides is 1. The number of carbonyl (C=O) groups is 1. The van der Waals surface area contributed by atoms with Gasteiger partial charge in [-0.05, 0) is 31.2 Å². The van der Waals surface area contributed by atoms with E-state index in [1.165, 1.54) is 0 Å². The Bertz CT molecular complexity index is 826. The quantitative estimate of drug-likeness (QED) is 0.618. The third-order valence-electron chi connectivity index (χ3n) is 3.90. The van der Waals surface area contributed by atoms with Gasteiger partial charge >= 0.3 is 0 Å². The number of imidazole rings is 1. The van der Waals surface area contributed by atoms with Crippen LogP contribution in [0.1, 0.15) is 19.2 Å². The number of aromatic amines is 1. The second-order valence-electron chi connectivity index (χ2n) is 5.97. The van der Waals surface area contributed by atoms with Crippen LogP contribution < -0.4 is 15.4 Å².